The molecule has 0 radical (unpaired) electrons. The fraction of sp³-hybridized carbons (Fsp3) is 0.208. The van der Waals surface area contributed by atoms with Crippen molar-refractivity contribution in [1.29, 1.82) is 0 Å². The molecule has 150 valence electrons. The highest BCUT2D eigenvalue weighted by molar-refractivity contribution is 5.82. The van der Waals surface area contributed by atoms with Crippen molar-refractivity contribution < 1.29 is 18.9 Å². The molecule has 0 bridgehead atoms. The van der Waals surface area contributed by atoms with Crippen molar-refractivity contribution in [2.24, 2.45) is 5.92 Å². The number of nitrogens with zero attached hydrogens (tertiary/aromatic N) is 2. The van der Waals surface area contributed by atoms with E-state index in [0.29, 0.717) is 18.0 Å². The highest BCUT2D eigenvalue weighted by atomic mass is 16.3. The zero-order valence-electron chi connectivity index (χ0n) is 16.4. The van der Waals surface area contributed by atoms with Crippen molar-refractivity contribution in [3.63, 3.8) is 0 Å². The Bertz CT molecular complexity index is 1130. The summed E-state index contributed by atoms with van der Waals surface area (Å²) >= 11 is 0. The molecule has 1 aliphatic heterocycles. The number of phenols is 1. The monoisotopic (exact) mass is 400 g/mol. The number of fused-ring (bicyclic) bond motifs is 1. The number of phenolic OH excluding ortho intramolecular Hbond substituents is 1. The molecule has 0 saturated carbocycles. The second-order valence-corrected chi connectivity index (χ2v) is 7.67. The van der Waals surface area contributed by atoms with E-state index in [1.54, 1.807) is 29.2 Å². The third-order valence-electron chi connectivity index (χ3n) is 5.54. The molecule has 2 atom stereocenters. The largest absolute Gasteiger partial charge is 0.508 e. The molecule has 0 saturated heterocycles. The molecule has 6 nitrogen and oxygen atoms in total. The molecule has 2 aromatic heterocycles. The zero-order valence-corrected chi connectivity index (χ0v) is 16.4. The minimum Gasteiger partial charge on any atom is -0.508 e. The van der Waals surface area contributed by atoms with Gasteiger partial charge in [-0.05, 0) is 48.7 Å². The molecule has 2 unspecified atom stereocenters. The number of rotatable bonds is 5. The van der Waals surface area contributed by atoms with Gasteiger partial charge in [-0.3, -0.25) is 5.32 Å². The van der Waals surface area contributed by atoms with E-state index in [4.69, 9.17) is 9.40 Å². The third-order valence-corrected chi connectivity index (χ3v) is 5.54. The maximum absolute atomic E-state index is 13.2. The molecule has 2 aliphatic rings. The minimum absolute atomic E-state index is 0.0239. The first kappa shape index (κ1) is 18.4. The van der Waals surface area contributed by atoms with Gasteiger partial charge in [0.15, 0.2) is 0 Å². The van der Waals surface area contributed by atoms with E-state index in [-0.39, 0.29) is 11.7 Å². The van der Waals surface area contributed by atoms with Crippen molar-refractivity contribution in [3.8, 4) is 17.0 Å². The van der Waals surface area contributed by atoms with Crippen LogP contribution in [0, 0.1) is 5.92 Å². The molecule has 0 amide bonds. The molecule has 0 fully saturated rings. The number of hydrogen-bond acceptors (Lipinski definition) is 5. The van der Waals surface area contributed by atoms with Crippen molar-refractivity contribution in [1.82, 2.24) is 4.98 Å². The van der Waals surface area contributed by atoms with E-state index in [9.17, 15) is 9.90 Å². The fourth-order valence-corrected chi connectivity index (χ4v) is 3.99. The summed E-state index contributed by atoms with van der Waals surface area (Å²) in [6, 6.07) is 10.2. The Balaban J connectivity index is 1.53. The van der Waals surface area contributed by atoms with Gasteiger partial charge in [0.25, 0.3) is 0 Å². The molecule has 30 heavy (non-hydrogen) atoms. The van der Waals surface area contributed by atoms with E-state index >= 15 is 0 Å². The van der Waals surface area contributed by atoms with Gasteiger partial charge in [0.2, 0.25) is 6.04 Å². The summed E-state index contributed by atoms with van der Waals surface area (Å²) < 4.78 is 7.12. The summed E-state index contributed by atoms with van der Waals surface area (Å²) in [7, 11) is 0. The molecular formula is C24H22N3O3+. The van der Waals surface area contributed by atoms with Crippen LogP contribution in [-0.4, -0.2) is 22.0 Å². The average Bonchev–Trinajstić information content (AvgIpc) is 3.38. The van der Waals surface area contributed by atoms with Crippen LogP contribution >= 0.6 is 0 Å². The number of anilines is 1. The van der Waals surface area contributed by atoms with Crippen LogP contribution in [-0.2, 0) is 12.8 Å². The van der Waals surface area contributed by atoms with Crippen LogP contribution in [0.15, 0.2) is 77.6 Å². The predicted octanol–water partition coefficient (Wildman–Crippen LogP) is 3.69. The first-order valence-corrected chi connectivity index (χ1v) is 10.1. The van der Waals surface area contributed by atoms with E-state index in [2.05, 4.69) is 29.6 Å². The van der Waals surface area contributed by atoms with Gasteiger partial charge >= 0.3 is 11.7 Å². The number of carbonyl (C=O) groups is 1. The highest BCUT2D eigenvalue weighted by Gasteiger charge is 2.41. The summed E-state index contributed by atoms with van der Waals surface area (Å²) in [6.07, 6.45) is 14.0. The van der Waals surface area contributed by atoms with Crippen LogP contribution in [0.25, 0.3) is 11.3 Å². The van der Waals surface area contributed by atoms with Crippen molar-refractivity contribution in [2.45, 2.75) is 25.3 Å². The van der Waals surface area contributed by atoms with Gasteiger partial charge < -0.3 is 9.52 Å². The highest BCUT2D eigenvalue weighted by Crippen LogP contribution is 2.27. The van der Waals surface area contributed by atoms with Gasteiger partial charge in [-0.2, -0.15) is 4.57 Å². The fourth-order valence-electron chi connectivity index (χ4n) is 3.99. The average molecular weight is 400 g/mol. The Morgan fingerprint density at radius 1 is 1.17 bits per heavy atom. The SMILES string of the molecule is O=C1C(Cc2ccco2)Nc2c(CC3C=CC=CC3)nc(-c3ccc(O)cc3)c[n+]21. The van der Waals surface area contributed by atoms with Crippen LogP contribution in [0.3, 0.4) is 0 Å². The molecule has 5 rings (SSSR count). The van der Waals surface area contributed by atoms with Crippen LogP contribution < -0.4 is 9.88 Å². The number of carbonyl (C=O) groups excluding carboxylic acids is 1. The maximum Gasteiger partial charge on any atom is 0.359 e. The number of furan rings is 1. The number of hydrogen-bond donors (Lipinski definition) is 2. The smallest absolute Gasteiger partial charge is 0.359 e. The minimum atomic E-state index is -0.395. The van der Waals surface area contributed by atoms with Gasteiger partial charge in [-0.15, -0.1) is 0 Å². The van der Waals surface area contributed by atoms with E-state index in [1.807, 2.05) is 24.3 Å². The summed E-state index contributed by atoms with van der Waals surface area (Å²) in [5.41, 5.74) is 2.42. The molecule has 3 heterocycles. The van der Waals surface area contributed by atoms with Crippen LogP contribution in [0.4, 0.5) is 5.82 Å². The Kier molecular flexibility index (Phi) is 4.67. The Labute approximate surface area is 174 Å². The Morgan fingerprint density at radius 2 is 2.03 bits per heavy atom. The topological polar surface area (TPSA) is 79.2 Å². The Morgan fingerprint density at radius 3 is 2.77 bits per heavy atom. The van der Waals surface area contributed by atoms with Gasteiger partial charge in [0.05, 0.1) is 12.7 Å². The quantitative estimate of drug-likeness (QED) is 0.639. The first-order valence-electron chi connectivity index (χ1n) is 10.1. The predicted molar refractivity (Wildman–Crippen MR) is 112 cm³/mol. The number of nitrogens with one attached hydrogen (secondary N) is 1. The summed E-state index contributed by atoms with van der Waals surface area (Å²) in [5.74, 6) is 2.03. The standard InChI is InChI=1S/C24H21N3O3/c28-18-10-8-17(9-11-18)22-15-27-23(20(25-22)13-16-5-2-1-3-6-16)26-21(24(27)29)14-19-7-4-12-30-19/h1-5,7-12,15-16,21,28H,6,13-14H2/p+1. The summed E-state index contributed by atoms with van der Waals surface area (Å²) in [5, 5.41) is 13.0. The molecule has 0 spiro atoms. The second-order valence-electron chi connectivity index (χ2n) is 7.67. The van der Waals surface area contributed by atoms with Gasteiger partial charge in [-0.25, -0.2) is 9.78 Å². The lowest BCUT2D eigenvalue weighted by molar-refractivity contribution is -0.552. The lowest BCUT2D eigenvalue weighted by Gasteiger charge is -2.13. The lowest BCUT2D eigenvalue weighted by atomic mass is 9.95. The molecule has 2 N–H and O–H groups in total. The van der Waals surface area contributed by atoms with Crippen LogP contribution in [0.5, 0.6) is 5.75 Å². The van der Waals surface area contributed by atoms with Crippen LogP contribution in [0.2, 0.25) is 0 Å². The molecule has 1 aromatic carbocycles. The second kappa shape index (κ2) is 7.63. The number of benzene rings is 1. The lowest BCUT2D eigenvalue weighted by Crippen LogP contribution is -2.44. The van der Waals surface area contributed by atoms with E-state index in [1.165, 1.54) is 0 Å². The molecule has 1 aliphatic carbocycles. The zero-order chi connectivity index (χ0) is 20.5. The Hall–Kier alpha value is -3.67. The number of allylic oxidation sites excluding steroid dienone is 4. The number of aromatic hydroxyl groups is 1. The third kappa shape index (κ3) is 3.52. The molecule has 3 aromatic rings. The van der Waals surface area contributed by atoms with Gasteiger partial charge in [-0.1, -0.05) is 24.3 Å². The summed E-state index contributed by atoms with van der Waals surface area (Å²) in [4.78, 5) is 18.1. The van der Waals surface area contributed by atoms with Crippen LogP contribution in [0.1, 0.15) is 22.7 Å². The maximum atomic E-state index is 13.2. The first-order chi connectivity index (χ1) is 14.7. The molecular weight excluding hydrogens is 378 g/mol. The van der Waals surface area contributed by atoms with Crippen molar-refractivity contribution >= 4 is 11.7 Å². The summed E-state index contributed by atoms with van der Waals surface area (Å²) in [6.45, 7) is 0. The van der Waals surface area contributed by atoms with E-state index in [0.717, 1.165) is 35.7 Å². The van der Waals surface area contributed by atoms with E-state index < -0.39 is 6.04 Å². The molecule has 6 heteroatoms. The normalized spacial score (nSPS) is 19.7. The van der Waals surface area contributed by atoms with Gasteiger partial charge in [0.1, 0.15) is 29.1 Å². The van der Waals surface area contributed by atoms with Crippen molar-refractivity contribution in [2.75, 3.05) is 5.32 Å². The van der Waals surface area contributed by atoms with Crippen molar-refractivity contribution in [3.05, 3.63) is 84.6 Å². The number of aromatic nitrogens is 2. The van der Waals surface area contributed by atoms with Gasteiger partial charge in [0, 0.05) is 12.0 Å².